The van der Waals surface area contributed by atoms with Gasteiger partial charge in [0.15, 0.2) is 0 Å². The standard InChI is InChI=1S/C11H20N2O3/c1-7(3-10(14)15)4-13-11(16)9-6-12-5-8(9)2/h7-9,12H,3-6H2,1-2H3,(H,13,16)(H,14,15). The molecule has 1 amide bonds. The van der Waals surface area contributed by atoms with Crippen molar-refractivity contribution in [1.29, 1.82) is 0 Å². The number of carbonyl (C=O) groups excluding carboxylic acids is 1. The molecule has 0 aromatic carbocycles. The first-order chi connectivity index (χ1) is 7.50. The van der Waals surface area contributed by atoms with Crippen molar-refractivity contribution in [2.24, 2.45) is 17.8 Å². The lowest BCUT2D eigenvalue weighted by Gasteiger charge is -2.16. The van der Waals surface area contributed by atoms with E-state index in [-0.39, 0.29) is 24.2 Å². The summed E-state index contributed by atoms with van der Waals surface area (Å²) in [6, 6.07) is 0. The Hall–Kier alpha value is -1.10. The van der Waals surface area contributed by atoms with Gasteiger partial charge in [-0.3, -0.25) is 9.59 Å². The van der Waals surface area contributed by atoms with Crippen molar-refractivity contribution in [3.8, 4) is 0 Å². The van der Waals surface area contributed by atoms with Crippen LogP contribution >= 0.6 is 0 Å². The van der Waals surface area contributed by atoms with Crippen molar-refractivity contribution in [3.05, 3.63) is 0 Å². The van der Waals surface area contributed by atoms with Crippen LogP contribution in [0.15, 0.2) is 0 Å². The molecule has 3 atom stereocenters. The Labute approximate surface area is 95.6 Å². The van der Waals surface area contributed by atoms with E-state index < -0.39 is 5.97 Å². The highest BCUT2D eigenvalue weighted by atomic mass is 16.4. The van der Waals surface area contributed by atoms with Gasteiger partial charge in [-0.2, -0.15) is 0 Å². The molecule has 92 valence electrons. The van der Waals surface area contributed by atoms with Crippen molar-refractivity contribution in [2.45, 2.75) is 20.3 Å². The number of amides is 1. The van der Waals surface area contributed by atoms with E-state index in [1.54, 1.807) is 0 Å². The molecule has 16 heavy (non-hydrogen) atoms. The Morgan fingerprint density at radius 3 is 2.69 bits per heavy atom. The van der Waals surface area contributed by atoms with Crippen LogP contribution in [0.3, 0.4) is 0 Å². The predicted octanol–water partition coefficient (Wildman–Crippen LogP) is 0.0689. The first kappa shape index (κ1) is 13.0. The van der Waals surface area contributed by atoms with Gasteiger partial charge < -0.3 is 15.7 Å². The van der Waals surface area contributed by atoms with Crippen LogP contribution in [0.2, 0.25) is 0 Å². The van der Waals surface area contributed by atoms with Gasteiger partial charge in [0.25, 0.3) is 0 Å². The molecule has 1 rings (SSSR count). The van der Waals surface area contributed by atoms with E-state index in [0.717, 1.165) is 13.1 Å². The number of hydrogen-bond acceptors (Lipinski definition) is 3. The van der Waals surface area contributed by atoms with E-state index in [9.17, 15) is 9.59 Å². The summed E-state index contributed by atoms with van der Waals surface area (Å²) in [5, 5.41) is 14.6. The largest absolute Gasteiger partial charge is 0.481 e. The Morgan fingerprint density at radius 1 is 1.50 bits per heavy atom. The van der Waals surface area contributed by atoms with E-state index in [1.165, 1.54) is 0 Å². The molecule has 0 aromatic heterocycles. The van der Waals surface area contributed by atoms with Gasteiger partial charge >= 0.3 is 5.97 Å². The molecule has 0 bridgehead atoms. The summed E-state index contributed by atoms with van der Waals surface area (Å²) in [6.45, 7) is 5.91. The van der Waals surface area contributed by atoms with E-state index in [4.69, 9.17) is 5.11 Å². The molecule has 0 spiro atoms. The molecule has 5 nitrogen and oxygen atoms in total. The van der Waals surface area contributed by atoms with Gasteiger partial charge in [0.05, 0.1) is 5.92 Å². The lowest BCUT2D eigenvalue weighted by Crippen LogP contribution is -2.37. The highest BCUT2D eigenvalue weighted by molar-refractivity contribution is 5.79. The smallest absolute Gasteiger partial charge is 0.303 e. The number of hydrogen-bond donors (Lipinski definition) is 3. The van der Waals surface area contributed by atoms with Crippen LogP contribution in [0.1, 0.15) is 20.3 Å². The van der Waals surface area contributed by atoms with Crippen molar-refractivity contribution in [3.63, 3.8) is 0 Å². The molecule has 3 N–H and O–H groups in total. The molecule has 0 aliphatic carbocycles. The third-order valence-corrected chi connectivity index (χ3v) is 3.00. The van der Waals surface area contributed by atoms with Gasteiger partial charge in [-0.05, 0) is 18.4 Å². The van der Waals surface area contributed by atoms with Crippen molar-refractivity contribution >= 4 is 11.9 Å². The van der Waals surface area contributed by atoms with Crippen LogP contribution < -0.4 is 10.6 Å². The third-order valence-electron chi connectivity index (χ3n) is 3.00. The van der Waals surface area contributed by atoms with Gasteiger partial charge in [0, 0.05) is 19.5 Å². The lowest BCUT2D eigenvalue weighted by atomic mass is 9.97. The van der Waals surface area contributed by atoms with Crippen LogP contribution in [-0.4, -0.2) is 36.6 Å². The summed E-state index contributed by atoms with van der Waals surface area (Å²) < 4.78 is 0. The first-order valence-corrected chi connectivity index (χ1v) is 5.71. The van der Waals surface area contributed by atoms with Crippen molar-refractivity contribution in [1.82, 2.24) is 10.6 Å². The van der Waals surface area contributed by atoms with E-state index in [1.807, 2.05) is 13.8 Å². The van der Waals surface area contributed by atoms with Crippen LogP contribution in [0.25, 0.3) is 0 Å². The molecule has 0 saturated carbocycles. The van der Waals surface area contributed by atoms with Crippen LogP contribution in [-0.2, 0) is 9.59 Å². The molecule has 0 radical (unpaired) electrons. The maximum Gasteiger partial charge on any atom is 0.303 e. The molecule has 1 aliphatic rings. The first-order valence-electron chi connectivity index (χ1n) is 5.71. The number of nitrogens with one attached hydrogen (secondary N) is 2. The van der Waals surface area contributed by atoms with Gasteiger partial charge in [-0.25, -0.2) is 0 Å². The highest BCUT2D eigenvalue weighted by Crippen LogP contribution is 2.15. The minimum absolute atomic E-state index is 0.0221. The number of carboxylic acids is 1. The van der Waals surface area contributed by atoms with Gasteiger partial charge in [-0.1, -0.05) is 13.8 Å². The van der Waals surface area contributed by atoms with Crippen LogP contribution in [0.4, 0.5) is 0 Å². The summed E-state index contributed by atoms with van der Waals surface area (Å²) in [6.07, 6.45) is 0.0960. The molecule has 3 unspecified atom stereocenters. The lowest BCUT2D eigenvalue weighted by molar-refractivity contribution is -0.138. The summed E-state index contributed by atoms with van der Waals surface area (Å²) in [5.74, 6) is -0.426. The Bertz CT molecular complexity index is 268. The Balaban J connectivity index is 2.26. The van der Waals surface area contributed by atoms with E-state index in [2.05, 4.69) is 10.6 Å². The molecule has 1 heterocycles. The number of carboxylic acid groups (broad SMARTS) is 1. The summed E-state index contributed by atoms with van der Waals surface area (Å²) in [5.41, 5.74) is 0. The van der Waals surface area contributed by atoms with E-state index in [0.29, 0.717) is 12.5 Å². The van der Waals surface area contributed by atoms with Crippen molar-refractivity contribution < 1.29 is 14.7 Å². The average Bonchev–Trinajstić information content (AvgIpc) is 2.60. The second-order valence-electron chi connectivity index (χ2n) is 4.69. The molecular weight excluding hydrogens is 208 g/mol. The highest BCUT2D eigenvalue weighted by Gasteiger charge is 2.29. The topological polar surface area (TPSA) is 78.4 Å². The molecule has 1 fully saturated rings. The molecule has 1 aliphatic heterocycles. The average molecular weight is 228 g/mol. The molecule has 0 aromatic rings. The number of rotatable bonds is 5. The zero-order valence-corrected chi connectivity index (χ0v) is 9.82. The molecule has 1 saturated heterocycles. The Morgan fingerprint density at radius 2 is 2.19 bits per heavy atom. The second kappa shape index (κ2) is 5.84. The minimum atomic E-state index is -0.822. The second-order valence-corrected chi connectivity index (χ2v) is 4.69. The molecular formula is C11H20N2O3. The SMILES string of the molecule is CC(CNC(=O)C1CNCC1C)CC(=O)O. The number of aliphatic carboxylic acids is 1. The normalized spacial score (nSPS) is 26.4. The summed E-state index contributed by atoms with van der Waals surface area (Å²) in [4.78, 5) is 22.2. The van der Waals surface area contributed by atoms with Gasteiger partial charge in [0.1, 0.15) is 0 Å². The third kappa shape index (κ3) is 3.81. The van der Waals surface area contributed by atoms with Gasteiger partial charge in [-0.15, -0.1) is 0 Å². The fourth-order valence-corrected chi connectivity index (χ4v) is 1.94. The fraction of sp³-hybridized carbons (Fsp3) is 0.818. The van der Waals surface area contributed by atoms with Crippen molar-refractivity contribution in [2.75, 3.05) is 19.6 Å². The zero-order valence-electron chi connectivity index (χ0n) is 9.82. The summed E-state index contributed by atoms with van der Waals surface area (Å²) >= 11 is 0. The minimum Gasteiger partial charge on any atom is -0.481 e. The predicted molar refractivity (Wildman–Crippen MR) is 60.0 cm³/mol. The van der Waals surface area contributed by atoms with E-state index >= 15 is 0 Å². The monoisotopic (exact) mass is 228 g/mol. The summed E-state index contributed by atoms with van der Waals surface area (Å²) in [7, 11) is 0. The Kier molecular flexibility index (Phi) is 4.73. The van der Waals surface area contributed by atoms with Crippen LogP contribution in [0, 0.1) is 17.8 Å². The number of carbonyl (C=O) groups is 2. The zero-order chi connectivity index (χ0) is 12.1. The van der Waals surface area contributed by atoms with Crippen LogP contribution in [0.5, 0.6) is 0 Å². The maximum absolute atomic E-state index is 11.7. The fourth-order valence-electron chi connectivity index (χ4n) is 1.94. The molecule has 5 heteroatoms. The quantitative estimate of drug-likeness (QED) is 0.622. The maximum atomic E-state index is 11.7. The van der Waals surface area contributed by atoms with Gasteiger partial charge in [0.2, 0.25) is 5.91 Å².